The number of hydrogen-bond acceptors (Lipinski definition) is 3. The summed E-state index contributed by atoms with van der Waals surface area (Å²) < 4.78 is 2.03. The number of aryl methyl sites for hydroxylation is 1. The third kappa shape index (κ3) is 2.27. The van der Waals surface area contributed by atoms with Crippen molar-refractivity contribution in [1.29, 1.82) is 0 Å². The number of fused-ring (bicyclic) bond motifs is 2. The molecule has 0 fully saturated rings. The Morgan fingerprint density at radius 1 is 1.09 bits per heavy atom. The van der Waals surface area contributed by atoms with Crippen molar-refractivity contribution in [2.45, 2.75) is 20.0 Å². The molecule has 3 aromatic rings. The van der Waals surface area contributed by atoms with Gasteiger partial charge in [-0.05, 0) is 51.7 Å². The standard InChI is InChI=1S/C18H14BrNOS/c1-11-6-14-16(21)8-17(22-18(14)15(19)7-11)20-9-12-4-2-3-5-13(12)10-20/h2-8H,9-10H2,1H3. The second kappa shape index (κ2) is 5.21. The van der Waals surface area contributed by atoms with Gasteiger partial charge in [-0.15, -0.1) is 11.3 Å². The van der Waals surface area contributed by atoms with E-state index in [0.717, 1.165) is 38.2 Å². The van der Waals surface area contributed by atoms with E-state index in [1.807, 2.05) is 13.0 Å². The van der Waals surface area contributed by atoms with Crippen LogP contribution < -0.4 is 10.3 Å². The van der Waals surface area contributed by atoms with E-state index < -0.39 is 0 Å². The third-order valence-electron chi connectivity index (χ3n) is 4.07. The van der Waals surface area contributed by atoms with Gasteiger partial charge in [0.1, 0.15) is 0 Å². The van der Waals surface area contributed by atoms with Crippen LogP contribution in [-0.2, 0) is 13.1 Å². The number of benzene rings is 2. The maximum absolute atomic E-state index is 12.5. The van der Waals surface area contributed by atoms with E-state index in [1.165, 1.54) is 11.1 Å². The van der Waals surface area contributed by atoms with E-state index in [-0.39, 0.29) is 5.43 Å². The molecule has 4 rings (SSSR count). The molecule has 1 aliphatic heterocycles. The van der Waals surface area contributed by atoms with Crippen LogP contribution in [0.5, 0.6) is 0 Å². The zero-order chi connectivity index (χ0) is 15.3. The molecule has 4 heteroatoms. The highest BCUT2D eigenvalue weighted by Crippen LogP contribution is 2.36. The molecule has 0 radical (unpaired) electrons. The van der Waals surface area contributed by atoms with Crippen LogP contribution in [0.15, 0.2) is 51.7 Å². The number of rotatable bonds is 1. The minimum atomic E-state index is 0.101. The Labute approximate surface area is 141 Å². The first-order valence-electron chi connectivity index (χ1n) is 7.17. The van der Waals surface area contributed by atoms with Crippen LogP contribution in [0.3, 0.4) is 0 Å². The first-order valence-corrected chi connectivity index (χ1v) is 8.78. The summed E-state index contributed by atoms with van der Waals surface area (Å²) in [7, 11) is 0. The molecule has 2 heterocycles. The van der Waals surface area contributed by atoms with E-state index in [0.29, 0.717) is 0 Å². The Morgan fingerprint density at radius 3 is 2.45 bits per heavy atom. The van der Waals surface area contributed by atoms with Crippen molar-refractivity contribution in [2.75, 3.05) is 4.90 Å². The third-order valence-corrected chi connectivity index (χ3v) is 6.18. The highest BCUT2D eigenvalue weighted by atomic mass is 79.9. The lowest BCUT2D eigenvalue weighted by Gasteiger charge is -2.17. The number of nitrogens with zero attached hydrogens (tertiary/aromatic N) is 1. The molecule has 0 atom stereocenters. The zero-order valence-electron chi connectivity index (χ0n) is 12.1. The van der Waals surface area contributed by atoms with Gasteiger partial charge in [-0.25, -0.2) is 0 Å². The van der Waals surface area contributed by atoms with Gasteiger partial charge in [-0.3, -0.25) is 4.79 Å². The fourth-order valence-corrected chi connectivity index (χ4v) is 4.86. The van der Waals surface area contributed by atoms with Crippen molar-refractivity contribution in [2.24, 2.45) is 0 Å². The molecule has 1 aromatic heterocycles. The Bertz CT molecular complexity index is 922. The predicted octanol–water partition coefficient (Wildman–Crippen LogP) is 4.85. The molecule has 0 amide bonds. The van der Waals surface area contributed by atoms with E-state index in [1.54, 1.807) is 17.4 Å². The molecule has 0 saturated heterocycles. The molecule has 0 bridgehead atoms. The first-order chi connectivity index (χ1) is 10.6. The topological polar surface area (TPSA) is 20.3 Å². The predicted molar refractivity (Wildman–Crippen MR) is 96.9 cm³/mol. The van der Waals surface area contributed by atoms with Crippen LogP contribution in [0, 0.1) is 6.92 Å². The highest BCUT2D eigenvalue weighted by Gasteiger charge is 2.20. The summed E-state index contributed by atoms with van der Waals surface area (Å²) in [6, 6.07) is 14.3. The van der Waals surface area contributed by atoms with Crippen molar-refractivity contribution in [3.8, 4) is 0 Å². The molecule has 1 aliphatic rings. The van der Waals surface area contributed by atoms with Crippen molar-refractivity contribution >= 4 is 42.4 Å². The number of anilines is 1. The van der Waals surface area contributed by atoms with Crippen molar-refractivity contribution < 1.29 is 0 Å². The molecule has 0 spiro atoms. The summed E-state index contributed by atoms with van der Waals surface area (Å²) >= 11 is 5.29. The minimum Gasteiger partial charge on any atom is -0.355 e. The second-order valence-corrected chi connectivity index (χ2v) is 7.58. The molecule has 0 N–H and O–H groups in total. The van der Waals surface area contributed by atoms with Crippen LogP contribution in [0.2, 0.25) is 0 Å². The number of halogens is 1. The van der Waals surface area contributed by atoms with Crippen molar-refractivity contribution in [3.05, 3.63) is 73.9 Å². The average Bonchev–Trinajstić information content (AvgIpc) is 2.92. The maximum atomic E-state index is 12.5. The largest absolute Gasteiger partial charge is 0.355 e. The van der Waals surface area contributed by atoms with Crippen molar-refractivity contribution in [1.82, 2.24) is 0 Å². The van der Waals surface area contributed by atoms with Gasteiger partial charge in [-0.1, -0.05) is 24.3 Å². The molecule has 0 unspecified atom stereocenters. The molecular weight excluding hydrogens is 358 g/mol. The van der Waals surface area contributed by atoms with Crippen LogP contribution in [-0.4, -0.2) is 0 Å². The van der Waals surface area contributed by atoms with Gasteiger partial charge in [0.2, 0.25) is 0 Å². The summed E-state index contributed by atoms with van der Waals surface area (Å²) in [5.41, 5.74) is 3.91. The smallest absolute Gasteiger partial charge is 0.190 e. The summed E-state index contributed by atoms with van der Waals surface area (Å²) in [6.07, 6.45) is 0. The summed E-state index contributed by atoms with van der Waals surface area (Å²) in [5.74, 6) is 0. The molecule has 2 aromatic carbocycles. The number of hydrogen-bond donors (Lipinski definition) is 0. The second-order valence-electron chi connectivity index (χ2n) is 5.70. The van der Waals surface area contributed by atoms with E-state index in [2.05, 4.69) is 51.2 Å². The van der Waals surface area contributed by atoms with Crippen LogP contribution in [0.1, 0.15) is 16.7 Å². The lowest BCUT2D eigenvalue weighted by atomic mass is 10.1. The van der Waals surface area contributed by atoms with Gasteiger partial charge in [0.15, 0.2) is 5.43 Å². The van der Waals surface area contributed by atoms with Gasteiger partial charge in [0, 0.05) is 29.0 Å². The van der Waals surface area contributed by atoms with Gasteiger partial charge in [0.25, 0.3) is 0 Å². The molecule has 110 valence electrons. The lowest BCUT2D eigenvalue weighted by Crippen LogP contribution is -2.15. The van der Waals surface area contributed by atoms with E-state index in [9.17, 15) is 4.79 Å². The highest BCUT2D eigenvalue weighted by molar-refractivity contribution is 9.10. The van der Waals surface area contributed by atoms with E-state index >= 15 is 0 Å². The van der Waals surface area contributed by atoms with Crippen molar-refractivity contribution in [3.63, 3.8) is 0 Å². The molecule has 0 aliphatic carbocycles. The first kappa shape index (κ1) is 14.0. The van der Waals surface area contributed by atoms with Gasteiger partial charge >= 0.3 is 0 Å². The van der Waals surface area contributed by atoms with Gasteiger partial charge < -0.3 is 4.90 Å². The van der Waals surface area contributed by atoms with Crippen LogP contribution >= 0.6 is 27.3 Å². The molecule has 0 saturated carbocycles. The Kier molecular flexibility index (Phi) is 3.31. The monoisotopic (exact) mass is 371 g/mol. The molecular formula is C18H14BrNOS. The van der Waals surface area contributed by atoms with E-state index in [4.69, 9.17) is 0 Å². The SMILES string of the molecule is Cc1cc(Br)c2sc(N3Cc4ccccc4C3)cc(=O)c2c1. The van der Waals surface area contributed by atoms with Crippen LogP contribution in [0.4, 0.5) is 5.00 Å². The fraction of sp³-hybridized carbons (Fsp3) is 0.167. The minimum absolute atomic E-state index is 0.101. The summed E-state index contributed by atoms with van der Waals surface area (Å²) in [6.45, 7) is 3.77. The quantitative estimate of drug-likeness (QED) is 0.609. The Morgan fingerprint density at radius 2 is 1.77 bits per heavy atom. The Hall–Kier alpha value is -1.65. The maximum Gasteiger partial charge on any atom is 0.190 e. The fourth-order valence-electron chi connectivity index (χ4n) is 2.98. The lowest BCUT2D eigenvalue weighted by molar-refractivity contribution is 0.891. The van der Waals surface area contributed by atoms with Gasteiger partial charge in [0.05, 0.1) is 9.70 Å². The molecule has 2 nitrogen and oxygen atoms in total. The Balaban J connectivity index is 1.83. The summed E-state index contributed by atoms with van der Waals surface area (Å²) in [4.78, 5) is 14.8. The summed E-state index contributed by atoms with van der Waals surface area (Å²) in [5, 5.41) is 1.84. The molecule has 22 heavy (non-hydrogen) atoms. The normalized spacial score (nSPS) is 13.6. The van der Waals surface area contributed by atoms with Gasteiger partial charge in [-0.2, -0.15) is 0 Å². The van der Waals surface area contributed by atoms with Crippen LogP contribution in [0.25, 0.3) is 10.1 Å². The average molecular weight is 372 g/mol. The zero-order valence-corrected chi connectivity index (χ0v) is 14.5.